The summed E-state index contributed by atoms with van der Waals surface area (Å²) in [6.07, 6.45) is 0.485. The van der Waals surface area contributed by atoms with Crippen molar-refractivity contribution < 1.29 is 23.8 Å². The fourth-order valence-electron chi connectivity index (χ4n) is 3.02. The average molecular weight is 450 g/mol. The highest BCUT2D eigenvalue weighted by atomic mass is 35.5. The van der Waals surface area contributed by atoms with Crippen molar-refractivity contribution in [2.75, 3.05) is 5.01 Å². The van der Waals surface area contributed by atoms with E-state index < -0.39 is 35.4 Å². The van der Waals surface area contributed by atoms with Gasteiger partial charge in [-0.2, -0.15) is 5.10 Å². The van der Waals surface area contributed by atoms with E-state index in [1.807, 2.05) is 0 Å². The molecule has 2 aromatic carbocycles. The third-order valence-corrected chi connectivity index (χ3v) is 5.31. The van der Waals surface area contributed by atoms with Crippen molar-refractivity contribution in [2.45, 2.75) is 38.6 Å². The molecule has 1 heterocycles. The van der Waals surface area contributed by atoms with Gasteiger partial charge < -0.3 is 15.5 Å². The number of hydrogen-bond donors (Lipinski definition) is 3. The van der Waals surface area contributed by atoms with E-state index in [-0.39, 0.29) is 22.0 Å². The maximum absolute atomic E-state index is 14.0. The van der Waals surface area contributed by atoms with Crippen LogP contribution in [0.4, 0.5) is 14.5 Å². The molecule has 1 aliphatic heterocycles. The normalized spacial score (nSPS) is 20.6. The number of aliphatic hydroxyl groups excluding tert-OH is 1. The smallest absolute Gasteiger partial charge is 0.252 e. The van der Waals surface area contributed by atoms with E-state index in [9.17, 15) is 23.8 Å². The molecular formula is C22H22ClF2N3O3. The van der Waals surface area contributed by atoms with Crippen molar-refractivity contribution in [1.29, 1.82) is 0 Å². The first-order valence-corrected chi connectivity index (χ1v) is 9.92. The van der Waals surface area contributed by atoms with Crippen LogP contribution >= 0.6 is 11.6 Å². The molecule has 2 unspecified atom stereocenters. The monoisotopic (exact) mass is 449 g/mol. The van der Waals surface area contributed by atoms with Crippen LogP contribution < -0.4 is 10.3 Å². The molecule has 0 bridgehead atoms. The number of rotatable bonds is 5. The molecule has 0 saturated heterocycles. The molecule has 9 heteroatoms. The van der Waals surface area contributed by atoms with Crippen LogP contribution in [0.5, 0.6) is 0 Å². The van der Waals surface area contributed by atoms with E-state index in [1.54, 1.807) is 6.92 Å². The van der Waals surface area contributed by atoms with E-state index in [4.69, 9.17) is 11.6 Å². The standard InChI is InChI=1S/C22H22ClF2N3O3/c1-12(13(2)29)26-21(30)17-11-20(14-7-8-18(23)19(25)9-14)27-28(22(17,3)31)16-6-4-5-15(24)10-16/h4-13,29,31H,1-3H3,(H,26,30)/t12-,13?,22?/m0/s1. The molecule has 3 atom stereocenters. The number of carbonyl (C=O) groups excluding carboxylic acids is 1. The number of amides is 1. The summed E-state index contributed by atoms with van der Waals surface area (Å²) < 4.78 is 27.9. The minimum atomic E-state index is -1.97. The van der Waals surface area contributed by atoms with Crippen LogP contribution in [0.3, 0.4) is 0 Å². The summed E-state index contributed by atoms with van der Waals surface area (Å²) in [5, 5.41) is 28.9. The fraction of sp³-hybridized carbons (Fsp3) is 0.273. The van der Waals surface area contributed by atoms with Crippen LogP contribution in [0, 0.1) is 11.6 Å². The van der Waals surface area contributed by atoms with Crippen LogP contribution in [-0.4, -0.2) is 39.7 Å². The molecule has 3 N–H and O–H groups in total. The third kappa shape index (κ3) is 4.76. The van der Waals surface area contributed by atoms with Gasteiger partial charge in [0.2, 0.25) is 0 Å². The average Bonchev–Trinajstić information content (AvgIpc) is 2.69. The SMILES string of the molecule is CC(O)[C@H](C)NC(=O)C1=CC(c2ccc(Cl)c(F)c2)=NN(c2cccc(F)c2)C1(C)O. The molecule has 164 valence electrons. The second-order valence-corrected chi connectivity index (χ2v) is 7.89. The van der Waals surface area contributed by atoms with Gasteiger partial charge >= 0.3 is 0 Å². The van der Waals surface area contributed by atoms with E-state index in [0.29, 0.717) is 5.56 Å². The fourth-order valence-corrected chi connectivity index (χ4v) is 3.14. The molecule has 0 aromatic heterocycles. The van der Waals surface area contributed by atoms with Crippen molar-refractivity contribution in [3.8, 4) is 0 Å². The number of hydrazone groups is 1. The van der Waals surface area contributed by atoms with Gasteiger partial charge in [0.1, 0.15) is 11.6 Å². The summed E-state index contributed by atoms with van der Waals surface area (Å²) >= 11 is 5.76. The number of hydrogen-bond acceptors (Lipinski definition) is 5. The van der Waals surface area contributed by atoms with Crippen molar-refractivity contribution in [3.63, 3.8) is 0 Å². The first kappa shape index (κ1) is 22.9. The number of aliphatic hydroxyl groups is 2. The van der Waals surface area contributed by atoms with Gasteiger partial charge in [-0.1, -0.05) is 23.7 Å². The van der Waals surface area contributed by atoms with E-state index in [0.717, 1.165) is 17.1 Å². The summed E-state index contributed by atoms with van der Waals surface area (Å²) in [6, 6.07) is 8.73. The van der Waals surface area contributed by atoms with Crippen LogP contribution in [0.15, 0.2) is 59.2 Å². The van der Waals surface area contributed by atoms with Gasteiger partial charge in [0.05, 0.1) is 34.1 Å². The van der Waals surface area contributed by atoms with Gasteiger partial charge in [-0.05, 0) is 57.2 Å². The van der Waals surface area contributed by atoms with Crippen LogP contribution in [-0.2, 0) is 4.79 Å². The van der Waals surface area contributed by atoms with Gasteiger partial charge in [0.25, 0.3) is 5.91 Å². The minimum absolute atomic E-state index is 0.0816. The molecule has 1 amide bonds. The molecule has 3 rings (SSSR count). The molecule has 31 heavy (non-hydrogen) atoms. The van der Waals surface area contributed by atoms with Crippen molar-refractivity contribution >= 4 is 28.9 Å². The van der Waals surface area contributed by atoms with Gasteiger partial charge in [0, 0.05) is 5.56 Å². The topological polar surface area (TPSA) is 85.2 Å². The molecule has 0 aliphatic carbocycles. The highest BCUT2D eigenvalue weighted by molar-refractivity contribution is 6.31. The van der Waals surface area contributed by atoms with Crippen molar-refractivity contribution in [1.82, 2.24) is 5.32 Å². The zero-order valence-corrected chi connectivity index (χ0v) is 17.9. The number of halogens is 3. The summed E-state index contributed by atoms with van der Waals surface area (Å²) in [5.41, 5.74) is -1.46. The van der Waals surface area contributed by atoms with Gasteiger partial charge in [-0.3, -0.25) is 4.79 Å². The lowest BCUT2D eigenvalue weighted by molar-refractivity contribution is -0.120. The Kier molecular flexibility index (Phi) is 6.45. The second-order valence-electron chi connectivity index (χ2n) is 7.49. The lowest BCUT2D eigenvalue weighted by atomic mass is 9.96. The number of anilines is 1. The Morgan fingerprint density at radius 1 is 1.23 bits per heavy atom. The second kappa shape index (κ2) is 8.74. The predicted octanol–water partition coefficient (Wildman–Crippen LogP) is 3.36. The number of nitrogens with one attached hydrogen (secondary N) is 1. The van der Waals surface area contributed by atoms with E-state index in [1.165, 1.54) is 50.3 Å². The lowest BCUT2D eigenvalue weighted by Crippen LogP contribution is -2.53. The highest BCUT2D eigenvalue weighted by Crippen LogP contribution is 2.33. The number of nitrogens with zero attached hydrogens (tertiary/aromatic N) is 2. The first-order chi connectivity index (χ1) is 14.5. The Bertz CT molecular complexity index is 1070. The van der Waals surface area contributed by atoms with E-state index in [2.05, 4.69) is 10.4 Å². The molecule has 0 saturated carbocycles. The first-order valence-electron chi connectivity index (χ1n) is 9.54. The maximum atomic E-state index is 14.0. The number of benzene rings is 2. The highest BCUT2D eigenvalue weighted by Gasteiger charge is 2.41. The Hall–Kier alpha value is -2.81. The third-order valence-electron chi connectivity index (χ3n) is 5.01. The van der Waals surface area contributed by atoms with Crippen LogP contribution in [0.2, 0.25) is 5.02 Å². The van der Waals surface area contributed by atoms with Crippen LogP contribution in [0.1, 0.15) is 26.3 Å². The summed E-state index contributed by atoms with van der Waals surface area (Å²) in [4.78, 5) is 13.0. The predicted molar refractivity (Wildman–Crippen MR) is 115 cm³/mol. The summed E-state index contributed by atoms with van der Waals surface area (Å²) in [6.45, 7) is 4.45. The molecule has 0 fully saturated rings. The largest absolute Gasteiger partial charge is 0.391 e. The zero-order valence-electron chi connectivity index (χ0n) is 17.1. The Labute approximate surface area is 183 Å². The van der Waals surface area contributed by atoms with Gasteiger partial charge in [0.15, 0.2) is 5.72 Å². The molecular weight excluding hydrogens is 428 g/mol. The molecule has 6 nitrogen and oxygen atoms in total. The quantitative estimate of drug-likeness (QED) is 0.653. The van der Waals surface area contributed by atoms with Crippen LogP contribution in [0.25, 0.3) is 0 Å². The summed E-state index contributed by atoms with van der Waals surface area (Å²) in [5.74, 6) is -1.91. The Balaban J connectivity index is 2.13. The molecule has 1 aliphatic rings. The Morgan fingerprint density at radius 3 is 2.55 bits per heavy atom. The number of allylic oxidation sites excluding steroid dienone is 1. The molecule has 2 aromatic rings. The summed E-state index contributed by atoms with van der Waals surface area (Å²) in [7, 11) is 0. The number of carbonyl (C=O) groups is 1. The van der Waals surface area contributed by atoms with E-state index >= 15 is 0 Å². The lowest BCUT2D eigenvalue weighted by Gasteiger charge is -2.39. The van der Waals surface area contributed by atoms with Crippen molar-refractivity contribution in [3.05, 3.63) is 76.3 Å². The minimum Gasteiger partial charge on any atom is -0.391 e. The molecule has 0 radical (unpaired) electrons. The van der Waals surface area contributed by atoms with Gasteiger partial charge in [-0.25, -0.2) is 13.8 Å². The maximum Gasteiger partial charge on any atom is 0.252 e. The Morgan fingerprint density at radius 2 is 1.94 bits per heavy atom. The zero-order chi connectivity index (χ0) is 22.9. The van der Waals surface area contributed by atoms with Crippen molar-refractivity contribution in [2.24, 2.45) is 5.10 Å². The van der Waals surface area contributed by atoms with Gasteiger partial charge in [-0.15, -0.1) is 0 Å². The molecule has 0 spiro atoms.